The van der Waals surface area contributed by atoms with E-state index in [1.807, 2.05) is 6.08 Å². The Morgan fingerprint density at radius 2 is 1.88 bits per heavy atom. The summed E-state index contributed by atoms with van der Waals surface area (Å²) in [5, 5.41) is 13.4. The lowest BCUT2D eigenvalue weighted by Gasteiger charge is -2.42. The van der Waals surface area contributed by atoms with Crippen LogP contribution in [0, 0.1) is 17.8 Å². The van der Waals surface area contributed by atoms with Gasteiger partial charge in [0.05, 0.1) is 18.9 Å². The summed E-state index contributed by atoms with van der Waals surface area (Å²) in [5.74, 6) is -3.32. The van der Waals surface area contributed by atoms with Gasteiger partial charge in [0.15, 0.2) is 23.1 Å². The summed E-state index contributed by atoms with van der Waals surface area (Å²) in [6, 6.07) is 3.32. The predicted octanol–water partition coefficient (Wildman–Crippen LogP) is 2.88. The zero-order valence-corrected chi connectivity index (χ0v) is 19.0. The lowest BCUT2D eigenvalue weighted by molar-refractivity contribution is -0.126. The van der Waals surface area contributed by atoms with Gasteiger partial charge in [0.2, 0.25) is 11.8 Å². The van der Waals surface area contributed by atoms with Crippen molar-refractivity contribution in [1.82, 2.24) is 5.32 Å². The van der Waals surface area contributed by atoms with Gasteiger partial charge in [-0.15, -0.1) is 0 Å². The number of ether oxygens (including phenoxy) is 1. The van der Waals surface area contributed by atoms with E-state index in [4.69, 9.17) is 4.74 Å². The third-order valence-corrected chi connectivity index (χ3v) is 7.47. The molecule has 32 heavy (non-hydrogen) atoms. The number of rotatable bonds is 2. The zero-order chi connectivity index (χ0) is 22.9. The maximum Gasteiger partial charge on any atom is 0.231 e. The first-order chi connectivity index (χ1) is 15.2. The number of imide groups is 1. The molecule has 0 radical (unpaired) electrons. The van der Waals surface area contributed by atoms with Gasteiger partial charge in [-0.3, -0.25) is 24.5 Å². The number of hydrogen-bond donors (Lipinski definition) is 2. The highest BCUT2D eigenvalue weighted by Crippen LogP contribution is 2.56. The first kappa shape index (κ1) is 20.9. The third kappa shape index (κ3) is 2.85. The predicted molar refractivity (Wildman–Crippen MR) is 117 cm³/mol. The Labute approximate surface area is 192 Å². The number of hydrogen-bond acceptors (Lipinski definition) is 6. The van der Waals surface area contributed by atoms with Gasteiger partial charge >= 0.3 is 0 Å². The van der Waals surface area contributed by atoms with Crippen molar-refractivity contribution in [3.63, 3.8) is 0 Å². The van der Waals surface area contributed by atoms with Crippen LogP contribution in [-0.4, -0.2) is 35.6 Å². The number of phenols is 1. The summed E-state index contributed by atoms with van der Waals surface area (Å²) in [6.45, 7) is 1.60. The van der Waals surface area contributed by atoms with E-state index in [1.54, 1.807) is 19.1 Å². The maximum absolute atomic E-state index is 13.3. The molecule has 4 atom stereocenters. The minimum Gasteiger partial charge on any atom is -0.504 e. The average molecular weight is 498 g/mol. The third-order valence-electron chi connectivity index (χ3n) is 7.01. The molecule has 2 amide bonds. The molecular weight excluding hydrogens is 478 g/mol. The van der Waals surface area contributed by atoms with Gasteiger partial charge in [-0.1, -0.05) is 27.6 Å². The first-order valence-electron chi connectivity index (χ1n) is 10.3. The van der Waals surface area contributed by atoms with Gasteiger partial charge in [0.1, 0.15) is 0 Å². The minimum atomic E-state index is -0.722. The van der Waals surface area contributed by atoms with Crippen LogP contribution in [0.25, 0.3) is 0 Å². The molecule has 0 saturated carbocycles. The van der Waals surface area contributed by atoms with Crippen molar-refractivity contribution in [3.8, 4) is 11.5 Å². The van der Waals surface area contributed by atoms with Gasteiger partial charge in [-0.2, -0.15) is 0 Å². The van der Waals surface area contributed by atoms with E-state index in [0.717, 1.165) is 5.57 Å². The quantitative estimate of drug-likeness (QED) is 0.369. The van der Waals surface area contributed by atoms with Crippen LogP contribution < -0.4 is 10.1 Å². The van der Waals surface area contributed by atoms with Crippen molar-refractivity contribution in [3.05, 3.63) is 56.6 Å². The number of Topliss-reactive ketones (excluding diaryl/α,β-unsaturated/α-hetero) is 1. The second kappa shape index (κ2) is 7.27. The molecule has 7 nitrogen and oxygen atoms in total. The summed E-state index contributed by atoms with van der Waals surface area (Å²) in [6.07, 6.45) is 3.79. The van der Waals surface area contributed by atoms with Crippen molar-refractivity contribution in [1.29, 1.82) is 0 Å². The highest BCUT2D eigenvalue weighted by Gasteiger charge is 2.53. The normalized spacial score (nSPS) is 29.1. The van der Waals surface area contributed by atoms with E-state index in [1.165, 1.54) is 13.2 Å². The number of fused-ring (bicyclic) bond motifs is 3. The number of allylic oxidation sites excluding steroid dienone is 6. The van der Waals surface area contributed by atoms with Gasteiger partial charge in [-0.05, 0) is 43.9 Å². The molecule has 2 N–H and O–H groups in total. The summed E-state index contributed by atoms with van der Waals surface area (Å²) < 4.78 is 5.95. The van der Waals surface area contributed by atoms with Crippen LogP contribution in [0.15, 0.2) is 51.0 Å². The Balaban J connectivity index is 1.77. The first-order valence-corrected chi connectivity index (χ1v) is 11.1. The fourth-order valence-electron chi connectivity index (χ4n) is 5.60. The molecular formula is C24H20BrNO6. The van der Waals surface area contributed by atoms with E-state index in [2.05, 4.69) is 21.2 Å². The fraction of sp³-hybridized carbons (Fsp3) is 0.333. The van der Waals surface area contributed by atoms with Gasteiger partial charge in [0, 0.05) is 32.7 Å². The molecule has 0 unspecified atom stereocenters. The largest absolute Gasteiger partial charge is 0.504 e. The van der Waals surface area contributed by atoms with E-state index < -0.39 is 23.7 Å². The van der Waals surface area contributed by atoms with Crippen LogP contribution in [0.3, 0.4) is 0 Å². The lowest BCUT2D eigenvalue weighted by Crippen LogP contribution is -2.39. The lowest BCUT2D eigenvalue weighted by atomic mass is 9.59. The maximum atomic E-state index is 13.3. The Morgan fingerprint density at radius 1 is 1.12 bits per heavy atom. The van der Waals surface area contributed by atoms with Crippen molar-refractivity contribution in [2.75, 3.05) is 7.11 Å². The molecule has 164 valence electrons. The molecule has 1 aromatic rings. The standard InChI is InChI=1S/C24H20BrNO6/c1-9-5-16(27)14-8-13-11(3-4-12-19(13)24(31)26-23(12)30)18(20(14)21(9)28)15-6-10(25)7-17(32-2)22(15)29/h3,5-7,12-13,18-19,29H,4,8H2,1-2H3,(H,26,30,31)/t12-,13+,18+,19-/m0/s1. The molecule has 0 spiro atoms. The number of amides is 2. The molecule has 8 heteroatoms. The molecule has 1 fully saturated rings. The molecule has 1 aliphatic heterocycles. The summed E-state index contributed by atoms with van der Waals surface area (Å²) in [4.78, 5) is 51.3. The Morgan fingerprint density at radius 3 is 2.59 bits per heavy atom. The van der Waals surface area contributed by atoms with Crippen molar-refractivity contribution in [2.24, 2.45) is 17.8 Å². The molecule has 0 aromatic heterocycles. The molecule has 1 saturated heterocycles. The fourth-order valence-corrected chi connectivity index (χ4v) is 6.05. The summed E-state index contributed by atoms with van der Waals surface area (Å²) in [5.41, 5.74) is 2.21. The van der Waals surface area contributed by atoms with E-state index >= 15 is 0 Å². The topological polar surface area (TPSA) is 110 Å². The molecule has 0 bridgehead atoms. The summed E-state index contributed by atoms with van der Waals surface area (Å²) in [7, 11) is 1.43. The number of ketones is 2. The van der Waals surface area contributed by atoms with Crippen molar-refractivity contribution in [2.45, 2.75) is 25.7 Å². The van der Waals surface area contributed by atoms with Crippen LogP contribution in [0.4, 0.5) is 0 Å². The number of aromatic hydroxyl groups is 1. The number of halogens is 1. The summed E-state index contributed by atoms with van der Waals surface area (Å²) >= 11 is 3.43. The zero-order valence-electron chi connectivity index (χ0n) is 17.4. The Bertz CT molecular complexity index is 1220. The van der Waals surface area contributed by atoms with E-state index in [-0.39, 0.29) is 41.3 Å². The van der Waals surface area contributed by atoms with Crippen LogP contribution in [0.5, 0.6) is 11.5 Å². The number of carbonyl (C=O) groups is 4. The number of carbonyl (C=O) groups excluding carboxylic acids is 4. The van der Waals surface area contributed by atoms with E-state index in [0.29, 0.717) is 33.2 Å². The molecule has 1 heterocycles. The Hall–Kier alpha value is -3.00. The monoisotopic (exact) mass is 497 g/mol. The van der Waals surface area contributed by atoms with Crippen LogP contribution in [0.2, 0.25) is 0 Å². The molecule has 4 aliphatic rings. The van der Waals surface area contributed by atoms with Gasteiger partial charge in [-0.25, -0.2) is 0 Å². The highest BCUT2D eigenvalue weighted by molar-refractivity contribution is 9.10. The van der Waals surface area contributed by atoms with Crippen molar-refractivity contribution < 1.29 is 29.0 Å². The Kier molecular flexibility index (Phi) is 4.74. The van der Waals surface area contributed by atoms with Crippen molar-refractivity contribution >= 4 is 39.3 Å². The van der Waals surface area contributed by atoms with Crippen LogP contribution >= 0.6 is 15.9 Å². The number of nitrogens with one attached hydrogen (secondary N) is 1. The second-order valence-corrected chi connectivity index (χ2v) is 9.54. The minimum absolute atomic E-state index is 0.129. The van der Waals surface area contributed by atoms with E-state index in [9.17, 15) is 24.3 Å². The smallest absolute Gasteiger partial charge is 0.231 e. The molecule has 3 aliphatic carbocycles. The number of benzene rings is 1. The number of phenolic OH excluding ortho intramolecular Hbond substituents is 1. The highest BCUT2D eigenvalue weighted by atomic mass is 79.9. The SMILES string of the molecule is COc1cc(Br)cc([C@H]2C3=CC[C@@H]4C(=O)NC(=O)[C@@H]4[C@@H]3CC3=C2C(=O)C(C)=CC3=O)c1O. The van der Waals surface area contributed by atoms with Crippen LogP contribution in [0.1, 0.15) is 31.2 Å². The van der Waals surface area contributed by atoms with Crippen LogP contribution in [-0.2, 0) is 19.2 Å². The molecule has 5 rings (SSSR count). The second-order valence-electron chi connectivity index (χ2n) is 8.63. The average Bonchev–Trinajstić information content (AvgIpc) is 3.05. The number of methoxy groups -OCH3 is 1. The van der Waals surface area contributed by atoms with Gasteiger partial charge < -0.3 is 9.84 Å². The van der Waals surface area contributed by atoms with Gasteiger partial charge in [0.25, 0.3) is 0 Å². The molecule has 1 aromatic carbocycles.